The van der Waals surface area contributed by atoms with Gasteiger partial charge in [-0.3, -0.25) is 4.79 Å². The molecule has 7 nitrogen and oxygen atoms in total. The number of aliphatic hydroxyl groups is 1. The highest BCUT2D eigenvalue weighted by Gasteiger charge is 2.28. The van der Waals surface area contributed by atoms with Crippen LogP contribution >= 0.6 is 0 Å². The molecule has 0 aliphatic carbocycles. The van der Waals surface area contributed by atoms with Gasteiger partial charge in [0, 0.05) is 13.0 Å². The van der Waals surface area contributed by atoms with Crippen LogP contribution in [-0.4, -0.2) is 41.8 Å². The smallest absolute Gasteiger partial charge is 0.341 e. The number of nitrogens with two attached hydrogens (primary N) is 1. The lowest BCUT2D eigenvalue weighted by molar-refractivity contribution is -0.146. The van der Waals surface area contributed by atoms with Gasteiger partial charge in [0.25, 0.3) is 6.47 Å². The Labute approximate surface area is 100 Å². The molecule has 17 heavy (non-hydrogen) atoms. The highest BCUT2D eigenvalue weighted by Crippen LogP contribution is 2.06. The van der Waals surface area contributed by atoms with Crippen LogP contribution < -0.4 is 11.2 Å². The molecule has 0 spiro atoms. The molecule has 4 N–H and O–H groups in total. The Balaban J connectivity index is 0.000000325. The summed E-state index contributed by atoms with van der Waals surface area (Å²) in [5.74, 6) is 4.11. The maximum absolute atomic E-state index is 10.6. The molecule has 100 valence electrons. The van der Waals surface area contributed by atoms with Crippen LogP contribution in [0.3, 0.4) is 0 Å². The van der Waals surface area contributed by atoms with Crippen molar-refractivity contribution in [1.82, 2.24) is 5.32 Å². The molecule has 0 amide bonds. The second-order valence-corrected chi connectivity index (χ2v) is 4.61. The normalized spacial score (nSPS) is 23.4. The summed E-state index contributed by atoms with van der Waals surface area (Å²) >= 11 is 0. The van der Waals surface area contributed by atoms with Crippen molar-refractivity contribution in [3.8, 4) is 0 Å². The van der Waals surface area contributed by atoms with Gasteiger partial charge in [0.1, 0.15) is 11.6 Å². The Morgan fingerprint density at radius 3 is 2.35 bits per heavy atom. The average molecular weight is 248 g/mol. The second kappa shape index (κ2) is 7.21. The quantitative estimate of drug-likeness (QED) is 0.428. The molecule has 0 saturated carbocycles. The number of carbonyl (C=O) groups is 2. The molecule has 1 rings (SSSR count). The van der Waals surface area contributed by atoms with Crippen LogP contribution in [0.15, 0.2) is 0 Å². The summed E-state index contributed by atoms with van der Waals surface area (Å²) in [6.07, 6.45) is -0.0696. The molecule has 0 aromatic heterocycles. The molecule has 1 fully saturated rings. The van der Waals surface area contributed by atoms with Crippen LogP contribution in [0.1, 0.15) is 27.2 Å². The van der Waals surface area contributed by atoms with E-state index in [0.29, 0.717) is 19.4 Å². The number of ether oxygens (including phenoxy) is 1. The van der Waals surface area contributed by atoms with E-state index < -0.39 is 18.1 Å². The zero-order chi connectivity index (χ0) is 13.5. The number of β-amino-alcohol motifs (C(OH)–C–C–N with tert-alkyl or cyclic N) is 1. The molecule has 1 aliphatic heterocycles. The third-order valence-corrected chi connectivity index (χ3v) is 1.91. The molecule has 0 unspecified atom stereocenters. The lowest BCUT2D eigenvalue weighted by Crippen LogP contribution is -2.33. The minimum atomic E-state index is -0.517. The number of carbonyl (C=O) groups excluding carboxylic acids is 2. The van der Waals surface area contributed by atoms with Gasteiger partial charge in [-0.1, -0.05) is 0 Å². The monoisotopic (exact) mass is 248 g/mol. The van der Waals surface area contributed by atoms with Crippen LogP contribution in [0.5, 0.6) is 0 Å². The SMILES string of the molecule is CC(C)(C)OC=O.NOC(=O)[C@@H]1C[C@@H](O)CN1. The lowest BCUT2D eigenvalue weighted by atomic mass is 10.2. The fourth-order valence-electron chi connectivity index (χ4n) is 1.12. The highest BCUT2D eigenvalue weighted by atomic mass is 16.7. The first-order chi connectivity index (χ1) is 7.80. The summed E-state index contributed by atoms with van der Waals surface area (Å²) in [4.78, 5) is 24.2. The van der Waals surface area contributed by atoms with Crippen molar-refractivity contribution in [3.05, 3.63) is 0 Å². The molecular formula is C10H20N2O5. The number of hydrogen-bond donors (Lipinski definition) is 3. The molecule has 2 atom stereocenters. The van der Waals surface area contributed by atoms with Crippen molar-refractivity contribution < 1.29 is 24.3 Å². The van der Waals surface area contributed by atoms with E-state index in [4.69, 9.17) is 5.11 Å². The maximum atomic E-state index is 10.6. The van der Waals surface area contributed by atoms with Crippen LogP contribution in [0.2, 0.25) is 0 Å². The largest absolute Gasteiger partial charge is 0.462 e. The minimum Gasteiger partial charge on any atom is -0.462 e. The number of hydrogen-bond acceptors (Lipinski definition) is 7. The van der Waals surface area contributed by atoms with Gasteiger partial charge in [-0.25, -0.2) is 4.79 Å². The molecule has 7 heteroatoms. The molecule has 1 saturated heterocycles. The van der Waals surface area contributed by atoms with Gasteiger partial charge in [-0.15, -0.1) is 0 Å². The zero-order valence-electron chi connectivity index (χ0n) is 10.3. The van der Waals surface area contributed by atoms with E-state index >= 15 is 0 Å². The molecule has 0 aromatic rings. The summed E-state index contributed by atoms with van der Waals surface area (Å²) < 4.78 is 4.55. The van der Waals surface area contributed by atoms with Crippen molar-refractivity contribution in [1.29, 1.82) is 0 Å². The Hall–Kier alpha value is -1.18. The molecule has 0 radical (unpaired) electrons. The first-order valence-electron chi connectivity index (χ1n) is 5.23. The van der Waals surface area contributed by atoms with Gasteiger partial charge in [0.05, 0.1) is 6.10 Å². The molecular weight excluding hydrogens is 228 g/mol. The van der Waals surface area contributed by atoms with E-state index in [2.05, 4.69) is 20.8 Å². The van der Waals surface area contributed by atoms with Crippen molar-refractivity contribution >= 4 is 12.4 Å². The molecule has 1 aliphatic rings. The predicted octanol–water partition coefficient (Wildman–Crippen LogP) is -0.916. The Morgan fingerprint density at radius 2 is 2.12 bits per heavy atom. The van der Waals surface area contributed by atoms with Crippen molar-refractivity contribution in [3.63, 3.8) is 0 Å². The fourth-order valence-corrected chi connectivity index (χ4v) is 1.12. The van der Waals surface area contributed by atoms with E-state index in [-0.39, 0.29) is 5.60 Å². The van der Waals surface area contributed by atoms with Crippen LogP contribution in [0, 0.1) is 0 Å². The predicted molar refractivity (Wildman–Crippen MR) is 59.6 cm³/mol. The summed E-state index contributed by atoms with van der Waals surface area (Å²) in [6, 6.07) is -0.431. The van der Waals surface area contributed by atoms with Crippen LogP contribution in [0.25, 0.3) is 0 Å². The van der Waals surface area contributed by atoms with Crippen molar-refractivity contribution in [2.75, 3.05) is 6.54 Å². The summed E-state index contributed by atoms with van der Waals surface area (Å²) in [7, 11) is 0. The summed E-state index contributed by atoms with van der Waals surface area (Å²) in [6.45, 7) is 6.35. The topological polar surface area (TPSA) is 111 Å². The first kappa shape index (κ1) is 15.8. The van der Waals surface area contributed by atoms with E-state index in [0.717, 1.165) is 0 Å². The Bertz CT molecular complexity index is 252. The summed E-state index contributed by atoms with van der Waals surface area (Å²) in [5.41, 5.74) is -0.318. The summed E-state index contributed by atoms with van der Waals surface area (Å²) in [5, 5.41) is 11.7. The average Bonchev–Trinajstić information content (AvgIpc) is 2.63. The van der Waals surface area contributed by atoms with Crippen LogP contribution in [0.4, 0.5) is 0 Å². The van der Waals surface area contributed by atoms with Gasteiger partial charge in [-0.2, -0.15) is 5.90 Å². The fraction of sp³-hybridized carbons (Fsp3) is 0.800. The Kier molecular flexibility index (Phi) is 6.71. The van der Waals surface area contributed by atoms with Crippen molar-refractivity contribution in [2.45, 2.75) is 44.9 Å². The highest BCUT2D eigenvalue weighted by molar-refractivity contribution is 5.75. The third kappa shape index (κ3) is 7.67. The van der Waals surface area contributed by atoms with Gasteiger partial charge in [0.15, 0.2) is 0 Å². The van der Waals surface area contributed by atoms with Gasteiger partial charge < -0.3 is 20.0 Å². The number of rotatable bonds is 2. The number of nitrogens with one attached hydrogen (secondary N) is 1. The van der Waals surface area contributed by atoms with Gasteiger partial charge in [0.2, 0.25) is 0 Å². The van der Waals surface area contributed by atoms with E-state index in [1.165, 1.54) is 0 Å². The molecule has 1 heterocycles. The van der Waals surface area contributed by atoms with Crippen molar-refractivity contribution in [2.24, 2.45) is 5.90 Å². The van der Waals surface area contributed by atoms with Gasteiger partial charge >= 0.3 is 5.97 Å². The van der Waals surface area contributed by atoms with E-state index in [9.17, 15) is 9.59 Å². The molecule has 0 bridgehead atoms. The number of aliphatic hydroxyl groups excluding tert-OH is 1. The Morgan fingerprint density at radius 1 is 1.53 bits per heavy atom. The lowest BCUT2D eigenvalue weighted by Gasteiger charge is -2.14. The molecule has 0 aromatic carbocycles. The van der Waals surface area contributed by atoms with E-state index in [1.54, 1.807) is 0 Å². The zero-order valence-corrected chi connectivity index (χ0v) is 10.3. The first-order valence-corrected chi connectivity index (χ1v) is 5.23. The minimum absolute atomic E-state index is 0.318. The van der Waals surface area contributed by atoms with E-state index in [1.807, 2.05) is 20.8 Å². The van der Waals surface area contributed by atoms with Gasteiger partial charge in [-0.05, 0) is 20.8 Å². The standard InChI is InChI=1S/C5H10N2O3.C5H10O2/c6-10-5(9)4-1-3(8)2-7-4;1-5(2,3)7-4-6/h3-4,7-8H,1-2,6H2;4H,1-3H3/t3-,4+;/m1./s1. The van der Waals surface area contributed by atoms with Crippen LogP contribution in [-0.2, 0) is 19.2 Å². The second-order valence-electron chi connectivity index (χ2n) is 4.61. The maximum Gasteiger partial charge on any atom is 0.341 e. The third-order valence-electron chi connectivity index (χ3n) is 1.91.